The van der Waals surface area contributed by atoms with Crippen LogP contribution in [0.3, 0.4) is 0 Å². The first-order chi connectivity index (χ1) is 13.7. The highest BCUT2D eigenvalue weighted by Crippen LogP contribution is 2.16. The van der Waals surface area contributed by atoms with Gasteiger partial charge in [0.2, 0.25) is 0 Å². The van der Waals surface area contributed by atoms with E-state index in [-0.39, 0.29) is 28.6 Å². The summed E-state index contributed by atoms with van der Waals surface area (Å²) >= 11 is 0. The van der Waals surface area contributed by atoms with E-state index in [0.29, 0.717) is 18.6 Å². The van der Waals surface area contributed by atoms with Crippen molar-refractivity contribution in [2.45, 2.75) is 24.8 Å². The third-order valence-electron chi connectivity index (χ3n) is 4.00. The minimum Gasteiger partial charge on any atom is -0.272 e. The van der Waals surface area contributed by atoms with E-state index >= 15 is 0 Å². The number of aromatic nitrogens is 2. The summed E-state index contributed by atoms with van der Waals surface area (Å²) < 4.78 is 52.6. The van der Waals surface area contributed by atoms with E-state index in [9.17, 15) is 26.8 Å². The predicted octanol–water partition coefficient (Wildman–Crippen LogP) is 1.71. The summed E-state index contributed by atoms with van der Waals surface area (Å²) in [6.07, 6.45) is 0.581. The number of rotatable bonds is 6. The van der Waals surface area contributed by atoms with Crippen LogP contribution in [0.1, 0.15) is 23.8 Å². The highest BCUT2D eigenvalue weighted by molar-refractivity contribution is 7.89. The fourth-order valence-electron chi connectivity index (χ4n) is 2.68. The van der Waals surface area contributed by atoms with Crippen LogP contribution in [0, 0.1) is 11.6 Å². The number of benzene rings is 2. The van der Waals surface area contributed by atoms with Crippen molar-refractivity contribution in [1.29, 1.82) is 0 Å². The van der Waals surface area contributed by atoms with E-state index in [1.165, 1.54) is 12.1 Å². The molecule has 0 radical (unpaired) electrons. The second-order valence-electron chi connectivity index (χ2n) is 6.06. The molecule has 1 amide bonds. The zero-order valence-electron chi connectivity index (χ0n) is 15.1. The predicted molar refractivity (Wildman–Crippen MR) is 100 cm³/mol. The SMILES string of the molecule is CCCn1nc(C(=O)NNS(=O)(=O)c2cc(F)ccc2F)c2ccccc2c1=O. The number of fused-ring (bicyclic) bond motifs is 1. The third kappa shape index (κ3) is 4.15. The second kappa shape index (κ2) is 8.05. The van der Waals surface area contributed by atoms with E-state index in [1.54, 1.807) is 17.0 Å². The lowest BCUT2D eigenvalue weighted by molar-refractivity contribution is 0.0939. The molecule has 1 heterocycles. The van der Waals surface area contributed by atoms with Crippen molar-refractivity contribution >= 4 is 26.7 Å². The zero-order valence-corrected chi connectivity index (χ0v) is 16.0. The van der Waals surface area contributed by atoms with E-state index in [1.807, 2.05) is 12.3 Å². The number of carbonyl (C=O) groups excluding carboxylic acids is 1. The van der Waals surface area contributed by atoms with Crippen LogP contribution in [0.2, 0.25) is 0 Å². The van der Waals surface area contributed by atoms with E-state index in [2.05, 4.69) is 5.10 Å². The summed E-state index contributed by atoms with van der Waals surface area (Å²) in [4.78, 5) is 25.8. The molecule has 152 valence electrons. The minimum absolute atomic E-state index is 0.198. The molecule has 0 aliphatic rings. The number of aryl methyl sites for hydroxylation is 1. The molecule has 3 aromatic rings. The number of halogens is 2. The lowest BCUT2D eigenvalue weighted by Crippen LogP contribution is -2.43. The van der Waals surface area contributed by atoms with E-state index in [0.717, 1.165) is 10.7 Å². The first-order valence-corrected chi connectivity index (χ1v) is 10.00. The highest BCUT2D eigenvalue weighted by atomic mass is 32.2. The summed E-state index contributed by atoms with van der Waals surface area (Å²) in [5, 5.41) is 4.48. The number of hydrogen-bond donors (Lipinski definition) is 2. The fraction of sp³-hybridized carbons (Fsp3) is 0.167. The Hall–Kier alpha value is -3.18. The average Bonchev–Trinajstić information content (AvgIpc) is 2.70. The normalized spacial score (nSPS) is 11.6. The van der Waals surface area contributed by atoms with Crippen LogP contribution in [-0.2, 0) is 16.6 Å². The molecule has 0 aliphatic carbocycles. The molecule has 1 aromatic heterocycles. The van der Waals surface area contributed by atoms with Crippen molar-refractivity contribution in [1.82, 2.24) is 20.0 Å². The topological polar surface area (TPSA) is 110 Å². The smallest absolute Gasteiger partial charge is 0.272 e. The van der Waals surface area contributed by atoms with E-state index in [4.69, 9.17) is 0 Å². The Bertz CT molecular complexity index is 1260. The van der Waals surface area contributed by atoms with Crippen LogP contribution >= 0.6 is 0 Å². The van der Waals surface area contributed by atoms with Crippen molar-refractivity contribution in [2.75, 3.05) is 0 Å². The van der Waals surface area contributed by atoms with Crippen LogP contribution < -0.4 is 15.8 Å². The van der Waals surface area contributed by atoms with Gasteiger partial charge in [-0.25, -0.2) is 21.9 Å². The van der Waals surface area contributed by atoms with Gasteiger partial charge in [-0.05, 0) is 30.7 Å². The van der Waals surface area contributed by atoms with Gasteiger partial charge in [0.25, 0.3) is 21.5 Å². The van der Waals surface area contributed by atoms with Crippen molar-refractivity contribution in [3.63, 3.8) is 0 Å². The molecule has 8 nitrogen and oxygen atoms in total. The fourth-order valence-corrected chi connectivity index (χ4v) is 3.61. The number of sulfonamides is 1. The molecule has 3 rings (SSSR count). The summed E-state index contributed by atoms with van der Waals surface area (Å²) in [5.41, 5.74) is 1.34. The Morgan fingerprint density at radius 2 is 1.83 bits per heavy atom. The Morgan fingerprint density at radius 3 is 2.52 bits per heavy atom. The molecule has 0 saturated carbocycles. The molecule has 0 spiro atoms. The van der Waals surface area contributed by atoms with Crippen LogP contribution in [0.25, 0.3) is 10.8 Å². The van der Waals surface area contributed by atoms with Crippen molar-refractivity contribution in [3.05, 3.63) is 70.1 Å². The van der Waals surface area contributed by atoms with Crippen LogP contribution in [0.5, 0.6) is 0 Å². The Morgan fingerprint density at radius 1 is 1.14 bits per heavy atom. The van der Waals surface area contributed by atoms with Gasteiger partial charge in [0.1, 0.15) is 16.5 Å². The number of nitrogens with zero attached hydrogens (tertiary/aromatic N) is 2. The van der Waals surface area contributed by atoms with Gasteiger partial charge < -0.3 is 0 Å². The molecule has 0 fully saturated rings. The maximum Gasteiger partial charge on any atom is 0.287 e. The molecule has 0 atom stereocenters. The molecule has 0 bridgehead atoms. The van der Waals surface area contributed by atoms with Gasteiger partial charge in [-0.1, -0.05) is 25.1 Å². The maximum atomic E-state index is 13.8. The van der Waals surface area contributed by atoms with Gasteiger partial charge in [-0.2, -0.15) is 5.10 Å². The summed E-state index contributed by atoms with van der Waals surface area (Å²) in [6.45, 7) is 2.08. The lowest BCUT2D eigenvalue weighted by atomic mass is 10.1. The highest BCUT2D eigenvalue weighted by Gasteiger charge is 2.23. The first kappa shape index (κ1) is 20.6. The van der Waals surface area contributed by atoms with Crippen LogP contribution in [0.4, 0.5) is 8.78 Å². The quantitative estimate of drug-likeness (QED) is 0.588. The summed E-state index contributed by atoms with van der Waals surface area (Å²) in [6, 6.07) is 8.14. The Labute approximate surface area is 164 Å². The molecular weight excluding hydrogens is 406 g/mol. The maximum absolute atomic E-state index is 13.8. The second-order valence-corrected chi connectivity index (χ2v) is 7.71. The summed E-state index contributed by atoms with van der Waals surface area (Å²) in [5.74, 6) is -3.11. The zero-order chi connectivity index (χ0) is 21.2. The van der Waals surface area contributed by atoms with Gasteiger partial charge in [-0.15, -0.1) is 4.83 Å². The number of amides is 1. The van der Waals surface area contributed by atoms with Gasteiger partial charge >= 0.3 is 0 Å². The lowest BCUT2D eigenvalue weighted by Gasteiger charge is -2.12. The average molecular weight is 422 g/mol. The Kier molecular flexibility index (Phi) is 5.71. The monoisotopic (exact) mass is 422 g/mol. The van der Waals surface area contributed by atoms with Crippen molar-refractivity contribution in [2.24, 2.45) is 0 Å². The third-order valence-corrected chi connectivity index (χ3v) is 5.26. The molecule has 11 heteroatoms. The molecule has 0 aliphatic heterocycles. The molecule has 2 N–H and O–H groups in total. The Balaban J connectivity index is 1.95. The number of hydrazine groups is 1. The van der Waals surface area contributed by atoms with Gasteiger partial charge in [0.05, 0.1) is 5.39 Å². The molecule has 0 unspecified atom stereocenters. The standard InChI is InChI=1S/C18H16F2N4O4S/c1-2-9-24-18(26)13-6-4-3-5-12(13)16(22-24)17(25)21-23-29(27,28)15-10-11(19)7-8-14(15)20/h3-8,10,23H,2,9H2,1H3,(H,21,25). The number of carbonyl (C=O) groups is 1. The molecule has 0 saturated heterocycles. The van der Waals surface area contributed by atoms with E-state index < -0.39 is 32.5 Å². The first-order valence-electron chi connectivity index (χ1n) is 8.51. The summed E-state index contributed by atoms with van der Waals surface area (Å²) in [7, 11) is -4.59. The van der Waals surface area contributed by atoms with Crippen molar-refractivity contribution in [3.8, 4) is 0 Å². The number of nitrogens with one attached hydrogen (secondary N) is 2. The molecular formula is C18H16F2N4O4S. The number of hydrogen-bond acceptors (Lipinski definition) is 5. The largest absolute Gasteiger partial charge is 0.287 e. The van der Waals surface area contributed by atoms with Gasteiger partial charge in [-0.3, -0.25) is 15.0 Å². The van der Waals surface area contributed by atoms with Gasteiger partial charge in [0, 0.05) is 11.9 Å². The molecule has 2 aromatic carbocycles. The van der Waals surface area contributed by atoms with Crippen LogP contribution in [-0.4, -0.2) is 24.1 Å². The van der Waals surface area contributed by atoms with Crippen LogP contribution in [0.15, 0.2) is 52.2 Å². The van der Waals surface area contributed by atoms with Crippen molar-refractivity contribution < 1.29 is 22.0 Å². The molecule has 29 heavy (non-hydrogen) atoms. The van der Waals surface area contributed by atoms with Gasteiger partial charge in [0.15, 0.2) is 5.69 Å². The minimum atomic E-state index is -4.59.